The van der Waals surface area contributed by atoms with Crippen molar-refractivity contribution in [2.24, 2.45) is 17.1 Å². The molecule has 0 aromatic carbocycles. The number of hydrogen-bond donors (Lipinski definition) is 1. The van der Waals surface area contributed by atoms with Crippen LogP contribution in [0.1, 0.15) is 70.6 Å². The van der Waals surface area contributed by atoms with Crippen molar-refractivity contribution in [1.82, 2.24) is 9.80 Å². The second-order valence-electron chi connectivity index (χ2n) is 9.36. The van der Waals surface area contributed by atoms with E-state index in [1.807, 2.05) is 0 Å². The van der Waals surface area contributed by atoms with Gasteiger partial charge in [-0.3, -0.25) is 4.79 Å². The van der Waals surface area contributed by atoms with Gasteiger partial charge in [-0.1, -0.05) is 12.8 Å². The SMILES string of the molecule is NC(=O)C12CCC(N3CC4(CC5CC5)CCCN4C3=O)(CC1)CC2. The summed E-state index contributed by atoms with van der Waals surface area (Å²) in [5.74, 6) is 0.741. The molecule has 6 aliphatic rings. The van der Waals surface area contributed by atoms with Crippen LogP contribution in [0.2, 0.25) is 0 Å². The number of carbonyl (C=O) groups is 2. The van der Waals surface area contributed by atoms with Crippen molar-refractivity contribution in [3.8, 4) is 0 Å². The standard InChI is InChI=1S/C19H29N3O2/c20-15(23)17-5-8-18(9-6-17,10-7-17)22-13-19(12-14-2-3-14)4-1-11-21(19)16(22)24/h14H,1-13H2,(H2,20,23). The molecule has 0 radical (unpaired) electrons. The highest BCUT2D eigenvalue weighted by atomic mass is 16.2. The molecule has 0 aromatic heterocycles. The Kier molecular flexibility index (Phi) is 2.93. The van der Waals surface area contributed by atoms with E-state index in [1.54, 1.807) is 0 Å². The van der Waals surface area contributed by atoms with Gasteiger partial charge in [-0.15, -0.1) is 0 Å². The lowest BCUT2D eigenvalue weighted by atomic mass is 9.56. The van der Waals surface area contributed by atoms with Crippen LogP contribution in [0.4, 0.5) is 4.79 Å². The van der Waals surface area contributed by atoms with E-state index < -0.39 is 0 Å². The molecular weight excluding hydrogens is 302 g/mol. The van der Waals surface area contributed by atoms with E-state index >= 15 is 0 Å². The number of amides is 3. The first-order valence-corrected chi connectivity index (χ1v) is 9.88. The topological polar surface area (TPSA) is 66.6 Å². The van der Waals surface area contributed by atoms with Crippen molar-refractivity contribution in [2.75, 3.05) is 13.1 Å². The molecule has 2 N–H and O–H groups in total. The number of nitrogens with two attached hydrogens (primary N) is 1. The Balaban J connectivity index is 1.40. The van der Waals surface area contributed by atoms with Crippen LogP contribution in [0.25, 0.3) is 0 Å². The molecule has 5 heteroatoms. The molecule has 4 aliphatic carbocycles. The number of fused-ring (bicyclic) bond motifs is 4. The van der Waals surface area contributed by atoms with Crippen LogP contribution < -0.4 is 5.73 Å². The zero-order valence-electron chi connectivity index (χ0n) is 14.6. The molecule has 24 heavy (non-hydrogen) atoms. The zero-order valence-corrected chi connectivity index (χ0v) is 14.6. The van der Waals surface area contributed by atoms with Crippen molar-refractivity contribution in [1.29, 1.82) is 0 Å². The van der Waals surface area contributed by atoms with Gasteiger partial charge in [0, 0.05) is 24.0 Å². The molecule has 3 amide bonds. The Hall–Kier alpha value is -1.26. The highest BCUT2D eigenvalue weighted by Gasteiger charge is 2.61. The van der Waals surface area contributed by atoms with Crippen molar-refractivity contribution in [3.05, 3.63) is 0 Å². The van der Waals surface area contributed by atoms with Crippen LogP contribution in [-0.4, -0.2) is 45.9 Å². The molecule has 5 nitrogen and oxygen atoms in total. The van der Waals surface area contributed by atoms with Crippen LogP contribution in [0.3, 0.4) is 0 Å². The Morgan fingerprint density at radius 2 is 1.71 bits per heavy atom. The van der Waals surface area contributed by atoms with Crippen molar-refractivity contribution in [3.63, 3.8) is 0 Å². The van der Waals surface area contributed by atoms with E-state index in [-0.39, 0.29) is 22.4 Å². The van der Waals surface area contributed by atoms with Gasteiger partial charge < -0.3 is 15.5 Å². The molecule has 2 saturated heterocycles. The zero-order chi connectivity index (χ0) is 16.6. The van der Waals surface area contributed by atoms with E-state index in [0.717, 1.165) is 57.5 Å². The van der Waals surface area contributed by atoms with Gasteiger partial charge in [-0.05, 0) is 63.7 Å². The summed E-state index contributed by atoms with van der Waals surface area (Å²) in [5.41, 5.74) is 5.56. The summed E-state index contributed by atoms with van der Waals surface area (Å²) in [6, 6.07) is 0.293. The van der Waals surface area contributed by atoms with E-state index in [9.17, 15) is 9.59 Å². The Morgan fingerprint density at radius 3 is 2.29 bits per heavy atom. The molecule has 4 saturated carbocycles. The van der Waals surface area contributed by atoms with Gasteiger partial charge in [0.2, 0.25) is 5.91 Å². The quantitative estimate of drug-likeness (QED) is 0.860. The first kappa shape index (κ1) is 15.0. The summed E-state index contributed by atoms with van der Waals surface area (Å²) < 4.78 is 0. The average Bonchev–Trinajstić information content (AvgIpc) is 3.23. The molecule has 2 aliphatic heterocycles. The normalized spacial score (nSPS) is 44.2. The maximum Gasteiger partial charge on any atom is 0.321 e. The highest BCUT2D eigenvalue weighted by molar-refractivity contribution is 5.82. The largest absolute Gasteiger partial charge is 0.369 e. The Morgan fingerprint density at radius 1 is 1.04 bits per heavy atom. The van der Waals surface area contributed by atoms with Crippen LogP contribution in [-0.2, 0) is 4.79 Å². The molecule has 0 spiro atoms. The minimum Gasteiger partial charge on any atom is -0.369 e. The molecule has 6 fully saturated rings. The maximum absolute atomic E-state index is 13.2. The summed E-state index contributed by atoms with van der Waals surface area (Å²) in [6.07, 6.45) is 11.8. The summed E-state index contributed by atoms with van der Waals surface area (Å²) in [5, 5.41) is 0. The second kappa shape index (κ2) is 4.67. The smallest absolute Gasteiger partial charge is 0.321 e. The molecule has 6 rings (SSSR count). The first-order chi connectivity index (χ1) is 11.5. The predicted molar refractivity (Wildman–Crippen MR) is 90.2 cm³/mol. The number of carbonyl (C=O) groups excluding carboxylic acids is 2. The molecule has 0 aromatic rings. The van der Waals surface area contributed by atoms with Gasteiger partial charge >= 0.3 is 6.03 Å². The molecular formula is C19H29N3O2. The summed E-state index contributed by atoms with van der Waals surface area (Å²) in [6.45, 7) is 1.88. The lowest BCUT2D eigenvalue weighted by Gasteiger charge is -2.55. The number of hydrogen-bond acceptors (Lipinski definition) is 2. The third-order valence-electron chi connectivity index (χ3n) is 8.18. The molecule has 1 atom stereocenters. The Bertz CT molecular complexity index is 575. The summed E-state index contributed by atoms with van der Waals surface area (Å²) >= 11 is 0. The van der Waals surface area contributed by atoms with Crippen LogP contribution >= 0.6 is 0 Å². The number of primary amides is 1. The predicted octanol–water partition coefficient (Wildman–Crippen LogP) is 2.63. The molecule has 2 bridgehead atoms. The Labute approximate surface area is 143 Å². The lowest BCUT2D eigenvalue weighted by molar-refractivity contribution is -0.137. The highest BCUT2D eigenvalue weighted by Crippen LogP contribution is 2.57. The van der Waals surface area contributed by atoms with Gasteiger partial charge in [0.15, 0.2) is 0 Å². The van der Waals surface area contributed by atoms with Gasteiger partial charge in [0.1, 0.15) is 0 Å². The monoisotopic (exact) mass is 331 g/mol. The molecule has 132 valence electrons. The molecule has 1 unspecified atom stereocenters. The summed E-state index contributed by atoms with van der Waals surface area (Å²) in [4.78, 5) is 29.6. The van der Waals surface area contributed by atoms with Gasteiger partial charge in [-0.25, -0.2) is 4.79 Å². The molecule has 2 heterocycles. The van der Waals surface area contributed by atoms with Crippen LogP contribution in [0, 0.1) is 11.3 Å². The average molecular weight is 331 g/mol. The number of nitrogens with zero attached hydrogens (tertiary/aromatic N) is 2. The van der Waals surface area contributed by atoms with Crippen molar-refractivity contribution in [2.45, 2.75) is 81.7 Å². The first-order valence-electron chi connectivity index (χ1n) is 9.88. The van der Waals surface area contributed by atoms with Gasteiger partial charge in [-0.2, -0.15) is 0 Å². The summed E-state index contributed by atoms with van der Waals surface area (Å²) in [7, 11) is 0. The van der Waals surface area contributed by atoms with Gasteiger partial charge in [0.05, 0.1) is 5.54 Å². The van der Waals surface area contributed by atoms with Crippen molar-refractivity contribution < 1.29 is 9.59 Å². The minimum atomic E-state index is -0.271. The third-order valence-corrected chi connectivity index (χ3v) is 8.18. The lowest BCUT2D eigenvalue weighted by Crippen LogP contribution is -2.60. The second-order valence-corrected chi connectivity index (χ2v) is 9.36. The number of urea groups is 1. The van der Waals surface area contributed by atoms with E-state index in [2.05, 4.69) is 9.80 Å². The van der Waals surface area contributed by atoms with E-state index in [4.69, 9.17) is 5.73 Å². The maximum atomic E-state index is 13.2. The van der Waals surface area contributed by atoms with Crippen LogP contribution in [0.15, 0.2) is 0 Å². The third kappa shape index (κ3) is 1.87. The van der Waals surface area contributed by atoms with Gasteiger partial charge in [0.25, 0.3) is 0 Å². The fourth-order valence-corrected chi connectivity index (χ4v) is 6.36. The fourth-order valence-electron chi connectivity index (χ4n) is 6.36. The number of rotatable bonds is 4. The minimum absolute atomic E-state index is 0.00910. The van der Waals surface area contributed by atoms with E-state index in [0.29, 0.717) is 6.03 Å². The van der Waals surface area contributed by atoms with E-state index in [1.165, 1.54) is 32.1 Å². The fraction of sp³-hybridized carbons (Fsp3) is 0.895. The van der Waals surface area contributed by atoms with Crippen LogP contribution in [0.5, 0.6) is 0 Å². The van der Waals surface area contributed by atoms with Crippen molar-refractivity contribution >= 4 is 11.9 Å².